The summed E-state index contributed by atoms with van der Waals surface area (Å²) >= 11 is 0. The summed E-state index contributed by atoms with van der Waals surface area (Å²) in [7, 11) is 0. The van der Waals surface area contributed by atoms with Crippen LogP contribution in [0, 0.1) is 0 Å². The lowest BCUT2D eigenvalue weighted by Gasteiger charge is -2.09. The van der Waals surface area contributed by atoms with Crippen LogP contribution in [0.4, 0.5) is 14.5 Å². The Hall–Kier alpha value is -3.22. The van der Waals surface area contributed by atoms with Gasteiger partial charge in [-0.2, -0.15) is 8.78 Å². The molecule has 0 saturated carbocycles. The first kappa shape index (κ1) is 16.6. The van der Waals surface area contributed by atoms with E-state index in [4.69, 9.17) is 0 Å². The molecule has 0 radical (unpaired) electrons. The number of hydrogen-bond acceptors (Lipinski definition) is 3. The zero-order valence-electron chi connectivity index (χ0n) is 13.1. The molecule has 128 valence electrons. The molecule has 1 aromatic heterocycles. The molecule has 0 fully saturated rings. The highest BCUT2D eigenvalue weighted by Crippen LogP contribution is 2.17. The van der Waals surface area contributed by atoms with Gasteiger partial charge in [0.15, 0.2) is 0 Å². The summed E-state index contributed by atoms with van der Waals surface area (Å²) in [6, 6.07) is 13.0. The average molecular weight is 343 g/mol. The molecule has 7 heteroatoms. The van der Waals surface area contributed by atoms with Gasteiger partial charge in [-0.3, -0.25) is 4.79 Å². The van der Waals surface area contributed by atoms with E-state index < -0.39 is 6.61 Å². The molecule has 0 spiro atoms. The summed E-state index contributed by atoms with van der Waals surface area (Å²) in [6.45, 7) is -2.25. The van der Waals surface area contributed by atoms with Crippen molar-refractivity contribution in [1.82, 2.24) is 9.55 Å². The quantitative estimate of drug-likeness (QED) is 0.741. The number of hydrogen-bond donors (Lipinski definition) is 1. The van der Waals surface area contributed by atoms with Crippen molar-refractivity contribution in [2.45, 2.75) is 13.2 Å². The lowest BCUT2D eigenvalue weighted by Crippen LogP contribution is -2.12. The van der Waals surface area contributed by atoms with Gasteiger partial charge in [0.05, 0.1) is 6.33 Å². The number of anilines is 1. The second-order valence-corrected chi connectivity index (χ2v) is 5.29. The van der Waals surface area contributed by atoms with Gasteiger partial charge in [-0.1, -0.05) is 12.1 Å². The third-order valence-electron chi connectivity index (χ3n) is 3.45. The van der Waals surface area contributed by atoms with Gasteiger partial charge in [0.1, 0.15) is 5.75 Å². The van der Waals surface area contributed by atoms with Gasteiger partial charge in [-0.05, 0) is 42.0 Å². The molecule has 0 aliphatic carbocycles. The number of carbonyl (C=O) groups is 1. The van der Waals surface area contributed by atoms with Crippen LogP contribution in [0.3, 0.4) is 0 Å². The molecule has 0 aliphatic heterocycles. The zero-order valence-corrected chi connectivity index (χ0v) is 13.1. The van der Waals surface area contributed by atoms with Crippen LogP contribution < -0.4 is 10.1 Å². The predicted molar refractivity (Wildman–Crippen MR) is 88.8 cm³/mol. The lowest BCUT2D eigenvalue weighted by molar-refractivity contribution is -0.0498. The first-order valence-electron chi connectivity index (χ1n) is 7.51. The number of aromatic nitrogens is 2. The number of carbonyl (C=O) groups excluding carboxylic acids is 1. The van der Waals surface area contributed by atoms with E-state index in [9.17, 15) is 13.6 Å². The molecule has 1 amide bonds. The number of benzene rings is 2. The number of halogens is 2. The number of rotatable bonds is 6. The maximum absolute atomic E-state index is 12.3. The van der Waals surface area contributed by atoms with Gasteiger partial charge >= 0.3 is 6.61 Å². The van der Waals surface area contributed by atoms with Crippen molar-refractivity contribution in [3.05, 3.63) is 78.4 Å². The van der Waals surface area contributed by atoms with Crippen LogP contribution in [-0.4, -0.2) is 22.1 Å². The minimum Gasteiger partial charge on any atom is -0.435 e. The summed E-state index contributed by atoms with van der Waals surface area (Å²) in [5, 5.41) is 2.79. The average Bonchev–Trinajstić information content (AvgIpc) is 3.08. The van der Waals surface area contributed by atoms with Crippen LogP contribution in [0.5, 0.6) is 5.75 Å². The van der Waals surface area contributed by atoms with E-state index in [1.807, 2.05) is 29.0 Å². The summed E-state index contributed by atoms with van der Waals surface area (Å²) in [4.78, 5) is 16.3. The van der Waals surface area contributed by atoms with Crippen molar-refractivity contribution < 1.29 is 18.3 Å². The van der Waals surface area contributed by atoms with E-state index in [1.165, 1.54) is 24.3 Å². The molecule has 5 nitrogen and oxygen atoms in total. The number of nitrogens with one attached hydrogen (secondary N) is 1. The van der Waals surface area contributed by atoms with Crippen LogP contribution in [-0.2, 0) is 6.54 Å². The highest BCUT2D eigenvalue weighted by Gasteiger charge is 2.09. The fourth-order valence-electron chi connectivity index (χ4n) is 2.33. The second kappa shape index (κ2) is 7.57. The van der Waals surface area contributed by atoms with Gasteiger partial charge in [0.25, 0.3) is 5.91 Å². The predicted octanol–water partition coefficient (Wildman–Crippen LogP) is 3.79. The zero-order chi connectivity index (χ0) is 17.6. The smallest absolute Gasteiger partial charge is 0.387 e. The van der Waals surface area contributed by atoms with Crippen molar-refractivity contribution in [3.63, 3.8) is 0 Å². The monoisotopic (exact) mass is 343 g/mol. The van der Waals surface area contributed by atoms with Crippen LogP contribution in [0.25, 0.3) is 0 Å². The Morgan fingerprint density at radius 3 is 2.68 bits per heavy atom. The van der Waals surface area contributed by atoms with Crippen LogP contribution in [0.2, 0.25) is 0 Å². The maximum atomic E-state index is 12.3. The van der Waals surface area contributed by atoms with E-state index in [0.717, 1.165) is 5.56 Å². The second-order valence-electron chi connectivity index (χ2n) is 5.29. The standard InChI is InChI=1S/C18H15F2N3O2/c19-18(20)25-16-6-4-14(5-7-16)17(24)22-15-3-1-2-13(10-15)11-23-9-8-21-12-23/h1-10,12,18H,11H2,(H,22,24). The van der Waals surface area contributed by atoms with E-state index in [1.54, 1.807) is 18.6 Å². The number of amides is 1. The van der Waals surface area contributed by atoms with Gasteiger partial charge in [-0.15, -0.1) is 0 Å². The molecule has 25 heavy (non-hydrogen) atoms. The van der Waals surface area contributed by atoms with Gasteiger partial charge in [0, 0.05) is 30.2 Å². The Morgan fingerprint density at radius 2 is 2.00 bits per heavy atom. The lowest BCUT2D eigenvalue weighted by atomic mass is 10.1. The summed E-state index contributed by atoms with van der Waals surface area (Å²) in [5.41, 5.74) is 2.01. The van der Waals surface area contributed by atoms with Crippen molar-refractivity contribution in [1.29, 1.82) is 0 Å². The van der Waals surface area contributed by atoms with Gasteiger partial charge < -0.3 is 14.6 Å². The van der Waals surface area contributed by atoms with Crippen molar-refractivity contribution in [2.75, 3.05) is 5.32 Å². The first-order chi connectivity index (χ1) is 12.1. The number of ether oxygens (including phenoxy) is 1. The topological polar surface area (TPSA) is 56.2 Å². The molecule has 2 aromatic carbocycles. The highest BCUT2D eigenvalue weighted by atomic mass is 19.3. The number of alkyl halides is 2. The minimum absolute atomic E-state index is 0.00822. The molecule has 3 aromatic rings. The van der Waals surface area contributed by atoms with Gasteiger partial charge in [0.2, 0.25) is 0 Å². The van der Waals surface area contributed by atoms with Crippen LogP contribution in [0.15, 0.2) is 67.3 Å². The summed E-state index contributed by atoms with van der Waals surface area (Å²) < 4.78 is 30.4. The first-order valence-corrected chi connectivity index (χ1v) is 7.51. The Bertz CT molecular complexity index is 834. The Morgan fingerprint density at radius 1 is 1.20 bits per heavy atom. The third-order valence-corrected chi connectivity index (χ3v) is 3.45. The molecule has 0 aliphatic rings. The van der Waals surface area contributed by atoms with E-state index in [2.05, 4.69) is 15.0 Å². The molecule has 0 saturated heterocycles. The number of imidazole rings is 1. The van der Waals surface area contributed by atoms with Crippen molar-refractivity contribution in [2.24, 2.45) is 0 Å². The normalized spacial score (nSPS) is 10.7. The van der Waals surface area contributed by atoms with E-state index in [0.29, 0.717) is 17.8 Å². The van der Waals surface area contributed by atoms with Crippen LogP contribution in [0.1, 0.15) is 15.9 Å². The molecular formula is C18H15F2N3O2. The van der Waals surface area contributed by atoms with Crippen LogP contribution >= 0.6 is 0 Å². The van der Waals surface area contributed by atoms with E-state index in [-0.39, 0.29) is 11.7 Å². The molecule has 0 atom stereocenters. The van der Waals surface area contributed by atoms with Crippen molar-refractivity contribution in [3.8, 4) is 5.75 Å². The molecule has 3 rings (SSSR count). The third kappa shape index (κ3) is 4.63. The minimum atomic E-state index is -2.89. The molecular weight excluding hydrogens is 328 g/mol. The largest absolute Gasteiger partial charge is 0.435 e. The molecule has 1 N–H and O–H groups in total. The fourth-order valence-corrected chi connectivity index (χ4v) is 2.33. The maximum Gasteiger partial charge on any atom is 0.387 e. The highest BCUT2D eigenvalue weighted by molar-refractivity contribution is 6.04. The molecule has 0 unspecified atom stereocenters. The van der Waals surface area contributed by atoms with Gasteiger partial charge in [-0.25, -0.2) is 4.98 Å². The molecule has 0 bridgehead atoms. The van der Waals surface area contributed by atoms with E-state index >= 15 is 0 Å². The van der Waals surface area contributed by atoms with Crippen molar-refractivity contribution >= 4 is 11.6 Å². The Kier molecular flexibility index (Phi) is 5.03. The summed E-state index contributed by atoms with van der Waals surface area (Å²) in [6.07, 6.45) is 5.27. The fraction of sp³-hybridized carbons (Fsp3) is 0.111. The molecule has 1 heterocycles. The Labute approximate surface area is 142 Å². The summed E-state index contributed by atoms with van der Waals surface area (Å²) in [5.74, 6) is -0.322. The Balaban J connectivity index is 1.66. The SMILES string of the molecule is O=C(Nc1cccc(Cn2ccnc2)c1)c1ccc(OC(F)F)cc1. The number of nitrogens with zero attached hydrogens (tertiary/aromatic N) is 2.